The minimum absolute atomic E-state index is 0.00768. The molecule has 96 valence electrons. The number of hydrogen-bond donors (Lipinski definition) is 0. The van der Waals surface area contributed by atoms with Gasteiger partial charge in [0.25, 0.3) is 0 Å². The zero-order valence-electron chi connectivity index (χ0n) is 10.2. The molecule has 3 rings (SSSR count). The monoisotopic (exact) mass is 248 g/mol. The van der Waals surface area contributed by atoms with Crippen LogP contribution in [-0.4, -0.2) is 38.3 Å². The summed E-state index contributed by atoms with van der Waals surface area (Å²) in [4.78, 5) is 11.6. The molecule has 0 saturated carbocycles. The molecular formula is C14H16O4. The number of rotatable bonds is 3. The average molecular weight is 248 g/mol. The van der Waals surface area contributed by atoms with Gasteiger partial charge in [0.2, 0.25) is 0 Å². The predicted molar refractivity (Wildman–Crippen MR) is 65.1 cm³/mol. The molecule has 1 fully saturated rings. The first-order valence-electron chi connectivity index (χ1n) is 6.32. The first kappa shape index (κ1) is 11.7. The molecule has 1 aliphatic carbocycles. The molecular weight excluding hydrogens is 232 g/mol. The molecule has 2 aliphatic rings. The largest absolute Gasteiger partial charge is 0.490 e. The van der Waals surface area contributed by atoms with Gasteiger partial charge < -0.3 is 14.2 Å². The average Bonchev–Trinajstić information content (AvgIpc) is 2.80. The molecule has 1 saturated heterocycles. The molecule has 1 atom stereocenters. The van der Waals surface area contributed by atoms with Gasteiger partial charge in [-0.05, 0) is 12.5 Å². The van der Waals surface area contributed by atoms with Crippen molar-refractivity contribution in [2.24, 2.45) is 0 Å². The fraction of sp³-hybridized carbons (Fsp3) is 0.500. The first-order valence-corrected chi connectivity index (χ1v) is 6.32. The van der Waals surface area contributed by atoms with E-state index < -0.39 is 0 Å². The predicted octanol–water partition coefficient (Wildman–Crippen LogP) is 1.61. The lowest BCUT2D eigenvalue weighted by molar-refractivity contribution is -0.101. The number of ketones is 1. The number of carbonyl (C=O) groups excluding carboxylic acids is 1. The molecule has 0 spiro atoms. The van der Waals surface area contributed by atoms with Crippen molar-refractivity contribution in [2.45, 2.75) is 18.9 Å². The van der Waals surface area contributed by atoms with Crippen LogP contribution in [0.1, 0.15) is 22.3 Å². The number of ether oxygens (including phenoxy) is 3. The van der Waals surface area contributed by atoms with Gasteiger partial charge in [-0.3, -0.25) is 4.79 Å². The van der Waals surface area contributed by atoms with Gasteiger partial charge in [-0.25, -0.2) is 0 Å². The van der Waals surface area contributed by atoms with E-state index >= 15 is 0 Å². The fourth-order valence-electron chi connectivity index (χ4n) is 2.41. The highest BCUT2D eigenvalue weighted by Gasteiger charge is 2.23. The van der Waals surface area contributed by atoms with Crippen molar-refractivity contribution in [2.75, 3.05) is 26.4 Å². The van der Waals surface area contributed by atoms with Crippen LogP contribution in [0, 0.1) is 0 Å². The summed E-state index contributed by atoms with van der Waals surface area (Å²) < 4.78 is 16.6. The Morgan fingerprint density at radius 1 is 1.28 bits per heavy atom. The summed E-state index contributed by atoms with van der Waals surface area (Å²) in [6.07, 6.45) is 1.37. The van der Waals surface area contributed by atoms with Crippen molar-refractivity contribution in [3.63, 3.8) is 0 Å². The summed E-state index contributed by atoms with van der Waals surface area (Å²) in [6, 6.07) is 5.66. The Labute approximate surface area is 106 Å². The summed E-state index contributed by atoms with van der Waals surface area (Å²) in [5, 5.41) is 0. The van der Waals surface area contributed by atoms with Gasteiger partial charge >= 0.3 is 0 Å². The van der Waals surface area contributed by atoms with Gasteiger partial charge in [0, 0.05) is 17.5 Å². The molecule has 1 heterocycles. The van der Waals surface area contributed by atoms with Crippen molar-refractivity contribution in [1.29, 1.82) is 0 Å². The van der Waals surface area contributed by atoms with Crippen molar-refractivity contribution in [3.8, 4) is 5.75 Å². The Balaban J connectivity index is 1.68. The van der Waals surface area contributed by atoms with Gasteiger partial charge in [0.15, 0.2) is 5.78 Å². The molecule has 0 N–H and O–H groups in total. The van der Waals surface area contributed by atoms with Crippen LogP contribution < -0.4 is 4.74 Å². The lowest BCUT2D eigenvalue weighted by Gasteiger charge is -2.23. The van der Waals surface area contributed by atoms with E-state index in [1.54, 1.807) is 0 Å². The third-order valence-electron chi connectivity index (χ3n) is 3.35. The van der Waals surface area contributed by atoms with E-state index in [1.807, 2.05) is 18.2 Å². The van der Waals surface area contributed by atoms with Crippen LogP contribution in [0.4, 0.5) is 0 Å². The molecule has 0 aromatic heterocycles. The zero-order valence-corrected chi connectivity index (χ0v) is 10.2. The minimum atomic E-state index is -0.00768. The zero-order chi connectivity index (χ0) is 12.4. The summed E-state index contributed by atoms with van der Waals surface area (Å²) in [7, 11) is 0. The highest BCUT2D eigenvalue weighted by Crippen LogP contribution is 2.30. The van der Waals surface area contributed by atoms with Crippen LogP contribution >= 0.6 is 0 Å². The fourth-order valence-corrected chi connectivity index (χ4v) is 2.41. The molecule has 1 unspecified atom stereocenters. The smallest absolute Gasteiger partial charge is 0.163 e. The second kappa shape index (κ2) is 5.08. The van der Waals surface area contributed by atoms with E-state index in [-0.39, 0.29) is 11.9 Å². The number of hydrogen-bond acceptors (Lipinski definition) is 4. The molecule has 0 amide bonds. The molecule has 0 radical (unpaired) electrons. The van der Waals surface area contributed by atoms with Crippen molar-refractivity contribution in [3.05, 3.63) is 29.3 Å². The highest BCUT2D eigenvalue weighted by atomic mass is 16.6. The Bertz CT molecular complexity index is 449. The van der Waals surface area contributed by atoms with Gasteiger partial charge in [0.05, 0.1) is 19.8 Å². The molecule has 4 heteroatoms. The first-order chi connectivity index (χ1) is 8.84. The van der Waals surface area contributed by atoms with E-state index in [9.17, 15) is 4.79 Å². The number of fused-ring (bicyclic) bond motifs is 1. The maximum Gasteiger partial charge on any atom is 0.163 e. The SMILES string of the molecule is O=C1CCc2c(OCC3COCCO3)cccc21. The quantitative estimate of drug-likeness (QED) is 0.815. The molecule has 18 heavy (non-hydrogen) atoms. The maximum absolute atomic E-state index is 11.6. The summed E-state index contributed by atoms with van der Waals surface area (Å²) in [5.74, 6) is 1.03. The number of benzene rings is 1. The van der Waals surface area contributed by atoms with E-state index in [4.69, 9.17) is 14.2 Å². The Morgan fingerprint density at radius 3 is 3.06 bits per heavy atom. The minimum Gasteiger partial charge on any atom is -0.490 e. The number of Topliss-reactive ketones (excluding diaryl/α,β-unsaturated/α-hetero) is 1. The van der Waals surface area contributed by atoms with E-state index in [1.165, 1.54) is 0 Å². The molecule has 1 aromatic carbocycles. The lowest BCUT2D eigenvalue weighted by Crippen LogP contribution is -2.33. The Hall–Kier alpha value is -1.39. The van der Waals surface area contributed by atoms with E-state index in [0.717, 1.165) is 23.3 Å². The molecule has 1 aliphatic heterocycles. The van der Waals surface area contributed by atoms with Crippen molar-refractivity contribution < 1.29 is 19.0 Å². The van der Waals surface area contributed by atoms with Crippen molar-refractivity contribution >= 4 is 5.78 Å². The Morgan fingerprint density at radius 2 is 2.22 bits per heavy atom. The highest BCUT2D eigenvalue weighted by molar-refractivity contribution is 6.01. The van der Waals surface area contributed by atoms with E-state index in [0.29, 0.717) is 32.8 Å². The summed E-state index contributed by atoms with van der Waals surface area (Å²) >= 11 is 0. The van der Waals surface area contributed by atoms with Crippen LogP contribution in [0.25, 0.3) is 0 Å². The normalized spacial score (nSPS) is 22.9. The van der Waals surface area contributed by atoms with Crippen LogP contribution in [0.5, 0.6) is 5.75 Å². The maximum atomic E-state index is 11.6. The molecule has 1 aromatic rings. The van der Waals surface area contributed by atoms with Crippen molar-refractivity contribution in [1.82, 2.24) is 0 Å². The molecule has 4 nitrogen and oxygen atoms in total. The second-order valence-corrected chi connectivity index (χ2v) is 4.58. The Kier molecular flexibility index (Phi) is 3.30. The van der Waals surface area contributed by atoms with Gasteiger partial charge in [0.1, 0.15) is 18.5 Å². The second-order valence-electron chi connectivity index (χ2n) is 4.58. The van der Waals surface area contributed by atoms with Crippen LogP contribution in [0.3, 0.4) is 0 Å². The van der Waals surface area contributed by atoms with E-state index in [2.05, 4.69) is 0 Å². The van der Waals surface area contributed by atoms with Crippen LogP contribution in [0.15, 0.2) is 18.2 Å². The summed E-state index contributed by atoms with van der Waals surface area (Å²) in [6.45, 7) is 2.34. The van der Waals surface area contributed by atoms with Gasteiger partial charge in [-0.2, -0.15) is 0 Å². The van der Waals surface area contributed by atoms with Gasteiger partial charge in [-0.15, -0.1) is 0 Å². The lowest BCUT2D eigenvalue weighted by atomic mass is 10.1. The van der Waals surface area contributed by atoms with Crippen LogP contribution in [0.2, 0.25) is 0 Å². The third-order valence-corrected chi connectivity index (χ3v) is 3.35. The van der Waals surface area contributed by atoms with Gasteiger partial charge in [-0.1, -0.05) is 12.1 Å². The van der Waals surface area contributed by atoms with Crippen LogP contribution in [-0.2, 0) is 15.9 Å². The number of carbonyl (C=O) groups is 1. The summed E-state index contributed by atoms with van der Waals surface area (Å²) in [5.41, 5.74) is 1.85. The molecule has 0 bridgehead atoms. The third kappa shape index (κ3) is 2.26. The topological polar surface area (TPSA) is 44.8 Å². The standard InChI is InChI=1S/C14H16O4/c15-13-5-4-12-11(13)2-1-3-14(12)18-9-10-8-16-6-7-17-10/h1-3,10H,4-9H2.